The van der Waals surface area contributed by atoms with Crippen LogP contribution in [0.5, 0.6) is 0 Å². The summed E-state index contributed by atoms with van der Waals surface area (Å²) in [4.78, 5) is 6.73. The molecule has 0 amide bonds. The van der Waals surface area contributed by atoms with Gasteiger partial charge in [-0.25, -0.2) is 0 Å². The van der Waals surface area contributed by atoms with Gasteiger partial charge in [0.15, 0.2) is 11.6 Å². The zero-order valence-electron chi connectivity index (χ0n) is 14.0. The molecule has 3 heterocycles. The third-order valence-corrected chi connectivity index (χ3v) is 3.88. The van der Waals surface area contributed by atoms with Gasteiger partial charge in [-0.15, -0.1) is 10.2 Å². The van der Waals surface area contributed by atoms with Gasteiger partial charge in [0.1, 0.15) is 12.4 Å². The van der Waals surface area contributed by atoms with Crippen molar-refractivity contribution in [1.82, 2.24) is 29.8 Å². The van der Waals surface area contributed by atoms with Crippen molar-refractivity contribution in [3.8, 4) is 0 Å². The first-order valence-electron chi connectivity index (χ1n) is 8.18. The second kappa shape index (κ2) is 7.18. The number of morpholine rings is 1. The molecule has 2 aromatic heterocycles. The van der Waals surface area contributed by atoms with Gasteiger partial charge < -0.3 is 13.8 Å². The van der Waals surface area contributed by atoms with E-state index in [1.54, 1.807) is 6.33 Å². The van der Waals surface area contributed by atoms with Gasteiger partial charge in [0.2, 0.25) is 5.89 Å². The smallest absolute Gasteiger partial charge is 0.240 e. The number of nitrogens with zero attached hydrogens (tertiary/aromatic N) is 6. The Kier molecular flexibility index (Phi) is 5.02. The minimum atomic E-state index is -0.0655. The zero-order chi connectivity index (χ0) is 16.2. The number of hydrogen-bond donors (Lipinski definition) is 0. The minimum absolute atomic E-state index is 0.0655. The summed E-state index contributed by atoms with van der Waals surface area (Å²) in [6, 6.07) is 0. The highest BCUT2D eigenvalue weighted by Crippen LogP contribution is 2.21. The summed E-state index contributed by atoms with van der Waals surface area (Å²) >= 11 is 0. The van der Waals surface area contributed by atoms with Gasteiger partial charge in [-0.1, -0.05) is 19.0 Å². The van der Waals surface area contributed by atoms with Crippen LogP contribution in [-0.4, -0.2) is 49.5 Å². The van der Waals surface area contributed by atoms with E-state index >= 15 is 0 Å². The summed E-state index contributed by atoms with van der Waals surface area (Å²) in [6.45, 7) is 10.1. The lowest BCUT2D eigenvalue weighted by Crippen LogP contribution is -2.38. The average molecular weight is 320 g/mol. The van der Waals surface area contributed by atoms with Crippen molar-refractivity contribution in [1.29, 1.82) is 0 Å². The van der Waals surface area contributed by atoms with Crippen molar-refractivity contribution >= 4 is 0 Å². The molecular formula is C15H24N6O2. The molecule has 0 aromatic carbocycles. The molecule has 0 aliphatic carbocycles. The van der Waals surface area contributed by atoms with Crippen LogP contribution >= 0.6 is 0 Å². The number of aryl methyl sites for hydroxylation is 1. The first-order valence-corrected chi connectivity index (χ1v) is 8.18. The summed E-state index contributed by atoms with van der Waals surface area (Å²) in [6.07, 6.45) is 2.52. The van der Waals surface area contributed by atoms with E-state index in [-0.39, 0.29) is 6.10 Å². The summed E-state index contributed by atoms with van der Waals surface area (Å²) < 4.78 is 13.2. The Morgan fingerprint density at radius 2 is 2.26 bits per heavy atom. The van der Waals surface area contributed by atoms with E-state index in [1.165, 1.54) is 0 Å². The van der Waals surface area contributed by atoms with Gasteiger partial charge in [-0.05, 0) is 12.8 Å². The van der Waals surface area contributed by atoms with Gasteiger partial charge in [-0.3, -0.25) is 4.90 Å². The van der Waals surface area contributed by atoms with Gasteiger partial charge >= 0.3 is 0 Å². The predicted molar refractivity (Wildman–Crippen MR) is 82.5 cm³/mol. The number of ether oxygens (including phenoxy) is 1. The van der Waals surface area contributed by atoms with E-state index in [0.29, 0.717) is 25.0 Å². The Morgan fingerprint density at radius 1 is 1.39 bits per heavy atom. The lowest BCUT2D eigenvalue weighted by molar-refractivity contribution is -0.0414. The van der Waals surface area contributed by atoms with Crippen LogP contribution < -0.4 is 0 Å². The highest BCUT2D eigenvalue weighted by molar-refractivity contribution is 4.96. The standard InChI is InChI=1S/C15H24N6O2/c1-4-21-10-16-18-15(21)12-8-20(5-6-22-12)9-14-17-13(19-23-14)7-11(2)3/h10-12H,4-9H2,1-3H3/t12-/m0/s1. The van der Waals surface area contributed by atoms with Crippen LogP contribution in [0.1, 0.15) is 44.4 Å². The number of aromatic nitrogens is 5. The third kappa shape index (κ3) is 3.94. The van der Waals surface area contributed by atoms with Crippen LogP contribution in [0.2, 0.25) is 0 Å². The summed E-state index contributed by atoms with van der Waals surface area (Å²) in [7, 11) is 0. The summed E-state index contributed by atoms with van der Waals surface area (Å²) in [5, 5.41) is 12.2. The Morgan fingerprint density at radius 3 is 3.04 bits per heavy atom. The molecule has 0 spiro atoms. The molecule has 0 N–H and O–H groups in total. The minimum Gasteiger partial charge on any atom is -0.368 e. The molecule has 8 nitrogen and oxygen atoms in total. The van der Waals surface area contributed by atoms with Crippen molar-refractivity contribution in [3.05, 3.63) is 23.9 Å². The maximum absolute atomic E-state index is 5.86. The highest BCUT2D eigenvalue weighted by atomic mass is 16.5. The SMILES string of the molecule is CCn1cnnc1[C@@H]1CN(Cc2nc(CC(C)C)no2)CCO1. The Labute approximate surface area is 135 Å². The quantitative estimate of drug-likeness (QED) is 0.796. The molecular weight excluding hydrogens is 296 g/mol. The fourth-order valence-electron chi connectivity index (χ4n) is 2.75. The van der Waals surface area contributed by atoms with Gasteiger partial charge in [0.25, 0.3) is 0 Å². The molecule has 8 heteroatoms. The summed E-state index contributed by atoms with van der Waals surface area (Å²) in [5.74, 6) is 2.85. The number of rotatable bonds is 6. The molecule has 1 aliphatic heterocycles. The van der Waals surface area contributed by atoms with E-state index in [0.717, 1.165) is 37.7 Å². The third-order valence-electron chi connectivity index (χ3n) is 3.88. The van der Waals surface area contributed by atoms with Crippen LogP contribution in [0.15, 0.2) is 10.9 Å². The second-order valence-corrected chi connectivity index (χ2v) is 6.27. The largest absolute Gasteiger partial charge is 0.368 e. The average Bonchev–Trinajstić information content (AvgIpc) is 3.16. The van der Waals surface area contributed by atoms with Crippen LogP contribution in [-0.2, 0) is 24.2 Å². The first-order chi connectivity index (χ1) is 11.2. The zero-order valence-corrected chi connectivity index (χ0v) is 14.0. The van der Waals surface area contributed by atoms with Crippen molar-refractivity contribution in [3.63, 3.8) is 0 Å². The fraction of sp³-hybridized carbons (Fsp3) is 0.733. The molecule has 1 saturated heterocycles. The fourth-order valence-corrected chi connectivity index (χ4v) is 2.75. The molecule has 126 valence electrons. The van der Waals surface area contributed by atoms with E-state index in [1.807, 2.05) is 4.57 Å². The molecule has 1 atom stereocenters. The highest BCUT2D eigenvalue weighted by Gasteiger charge is 2.27. The lowest BCUT2D eigenvalue weighted by Gasteiger charge is -2.31. The molecule has 1 fully saturated rings. The first kappa shape index (κ1) is 16.1. The molecule has 1 aliphatic rings. The van der Waals surface area contributed by atoms with E-state index in [9.17, 15) is 0 Å². The normalized spacial score (nSPS) is 19.6. The van der Waals surface area contributed by atoms with Crippen molar-refractivity contribution in [2.45, 2.75) is 46.4 Å². The number of hydrogen-bond acceptors (Lipinski definition) is 7. The van der Waals surface area contributed by atoms with Gasteiger partial charge in [0.05, 0.1) is 13.2 Å². The molecule has 2 aromatic rings. The van der Waals surface area contributed by atoms with Crippen LogP contribution in [0.4, 0.5) is 0 Å². The molecule has 0 unspecified atom stereocenters. The van der Waals surface area contributed by atoms with Crippen molar-refractivity contribution in [2.75, 3.05) is 19.7 Å². The molecule has 0 bridgehead atoms. The van der Waals surface area contributed by atoms with Crippen molar-refractivity contribution in [2.24, 2.45) is 5.92 Å². The second-order valence-electron chi connectivity index (χ2n) is 6.27. The van der Waals surface area contributed by atoms with Crippen LogP contribution in [0, 0.1) is 5.92 Å². The Balaban J connectivity index is 1.61. The van der Waals surface area contributed by atoms with E-state index in [2.05, 4.69) is 46.0 Å². The van der Waals surface area contributed by atoms with Crippen LogP contribution in [0.3, 0.4) is 0 Å². The summed E-state index contributed by atoms with van der Waals surface area (Å²) in [5.41, 5.74) is 0. The van der Waals surface area contributed by atoms with Gasteiger partial charge in [-0.2, -0.15) is 4.98 Å². The Bertz CT molecular complexity index is 623. The monoisotopic (exact) mass is 320 g/mol. The van der Waals surface area contributed by atoms with Crippen molar-refractivity contribution < 1.29 is 9.26 Å². The van der Waals surface area contributed by atoms with E-state index in [4.69, 9.17) is 9.26 Å². The molecule has 3 rings (SSSR count). The maximum Gasteiger partial charge on any atom is 0.240 e. The van der Waals surface area contributed by atoms with E-state index < -0.39 is 0 Å². The Hall–Kier alpha value is -1.80. The molecule has 0 saturated carbocycles. The topological polar surface area (TPSA) is 82.1 Å². The molecule has 0 radical (unpaired) electrons. The lowest BCUT2D eigenvalue weighted by atomic mass is 10.1. The van der Waals surface area contributed by atoms with Crippen LogP contribution in [0.25, 0.3) is 0 Å². The van der Waals surface area contributed by atoms with Gasteiger partial charge in [0, 0.05) is 26.1 Å². The maximum atomic E-state index is 5.86. The molecule has 23 heavy (non-hydrogen) atoms. The predicted octanol–water partition coefficient (Wildman–Crippen LogP) is 1.45.